The minimum atomic E-state index is -0.0532. The molecule has 2 aromatic rings. The number of H-pyrrole nitrogens is 1. The quantitative estimate of drug-likeness (QED) is 0.853. The molecule has 3 rings (SSSR count). The lowest BCUT2D eigenvalue weighted by Crippen LogP contribution is -2.15. The zero-order valence-corrected chi connectivity index (χ0v) is 9.60. The summed E-state index contributed by atoms with van der Waals surface area (Å²) in [4.78, 5) is 23.5. The number of hydrogen-bond acceptors (Lipinski definition) is 3. The summed E-state index contributed by atoms with van der Waals surface area (Å²) in [7, 11) is 0. The smallest absolute Gasteiger partial charge is 0.254 e. The van der Waals surface area contributed by atoms with E-state index in [-0.39, 0.29) is 5.56 Å². The maximum atomic E-state index is 11.8. The Morgan fingerprint density at radius 3 is 2.82 bits per heavy atom. The molecule has 4 heteroatoms. The van der Waals surface area contributed by atoms with Gasteiger partial charge in [-0.25, -0.2) is 4.98 Å². The van der Waals surface area contributed by atoms with Gasteiger partial charge in [-0.05, 0) is 31.9 Å². The van der Waals surface area contributed by atoms with Gasteiger partial charge in [0.2, 0.25) is 0 Å². The fourth-order valence-corrected chi connectivity index (χ4v) is 1.85. The molecule has 0 atom stereocenters. The van der Waals surface area contributed by atoms with Crippen LogP contribution in [-0.4, -0.2) is 15.0 Å². The molecule has 1 saturated carbocycles. The van der Waals surface area contributed by atoms with E-state index in [4.69, 9.17) is 0 Å². The van der Waals surface area contributed by atoms with Gasteiger partial charge in [-0.15, -0.1) is 0 Å². The van der Waals surface area contributed by atoms with Gasteiger partial charge in [0.05, 0.1) is 11.4 Å². The van der Waals surface area contributed by atoms with Gasteiger partial charge >= 0.3 is 0 Å². The molecule has 4 nitrogen and oxygen atoms in total. The topological polar surface area (TPSA) is 58.6 Å². The summed E-state index contributed by atoms with van der Waals surface area (Å²) in [5, 5.41) is 0. The average Bonchev–Trinajstić information content (AvgIpc) is 3.18. The Hall–Kier alpha value is -1.97. The number of aromatic nitrogens is 3. The highest BCUT2D eigenvalue weighted by Crippen LogP contribution is 2.38. The summed E-state index contributed by atoms with van der Waals surface area (Å²) in [6, 6.07) is 5.64. The van der Waals surface area contributed by atoms with Crippen molar-refractivity contribution in [3.8, 4) is 11.4 Å². The minimum absolute atomic E-state index is 0.0532. The fourth-order valence-electron chi connectivity index (χ4n) is 1.85. The lowest BCUT2D eigenvalue weighted by Gasteiger charge is -2.06. The van der Waals surface area contributed by atoms with Crippen molar-refractivity contribution in [1.82, 2.24) is 15.0 Å². The fraction of sp³-hybridized carbons (Fsp3) is 0.308. The van der Waals surface area contributed by atoms with E-state index in [2.05, 4.69) is 15.0 Å². The monoisotopic (exact) mass is 227 g/mol. The maximum absolute atomic E-state index is 11.8. The minimum Gasteiger partial charge on any atom is -0.310 e. The molecule has 86 valence electrons. The van der Waals surface area contributed by atoms with Gasteiger partial charge in [0.1, 0.15) is 5.82 Å². The van der Waals surface area contributed by atoms with Crippen LogP contribution in [0.4, 0.5) is 0 Å². The molecule has 1 aliphatic rings. The number of pyridine rings is 1. The summed E-state index contributed by atoms with van der Waals surface area (Å²) >= 11 is 0. The third-order valence-electron chi connectivity index (χ3n) is 3.04. The van der Waals surface area contributed by atoms with Gasteiger partial charge < -0.3 is 4.98 Å². The molecule has 0 saturated heterocycles. The molecule has 0 unspecified atom stereocenters. The summed E-state index contributed by atoms with van der Waals surface area (Å²) in [6.07, 6.45) is 3.95. The second kappa shape index (κ2) is 3.80. The molecule has 0 bridgehead atoms. The highest BCUT2D eigenvalue weighted by molar-refractivity contribution is 5.57. The van der Waals surface area contributed by atoms with Gasteiger partial charge in [-0.1, -0.05) is 6.07 Å². The Labute approximate surface area is 98.8 Å². The Morgan fingerprint density at radius 2 is 2.18 bits per heavy atom. The molecule has 0 amide bonds. The van der Waals surface area contributed by atoms with E-state index in [0.29, 0.717) is 17.2 Å². The van der Waals surface area contributed by atoms with Crippen molar-refractivity contribution in [3.05, 3.63) is 46.1 Å². The van der Waals surface area contributed by atoms with Gasteiger partial charge in [-0.2, -0.15) is 0 Å². The van der Waals surface area contributed by atoms with Crippen LogP contribution in [0.15, 0.2) is 29.2 Å². The molecule has 0 aliphatic heterocycles. The Bertz CT molecular complexity index is 600. The Kier molecular flexibility index (Phi) is 2.28. The lowest BCUT2D eigenvalue weighted by molar-refractivity contribution is 0.898. The highest BCUT2D eigenvalue weighted by Gasteiger charge is 2.27. The maximum Gasteiger partial charge on any atom is 0.254 e. The molecule has 0 aromatic carbocycles. The highest BCUT2D eigenvalue weighted by atomic mass is 16.1. The third-order valence-corrected chi connectivity index (χ3v) is 3.04. The van der Waals surface area contributed by atoms with Gasteiger partial charge in [0.15, 0.2) is 0 Å². The molecular weight excluding hydrogens is 214 g/mol. The number of nitrogens with zero attached hydrogens (tertiary/aromatic N) is 2. The van der Waals surface area contributed by atoms with Crippen LogP contribution in [0.2, 0.25) is 0 Å². The first kappa shape index (κ1) is 10.2. The van der Waals surface area contributed by atoms with Crippen LogP contribution in [0, 0.1) is 6.92 Å². The summed E-state index contributed by atoms with van der Waals surface area (Å²) in [5.74, 6) is 1.24. The first-order chi connectivity index (χ1) is 8.25. The molecule has 1 fully saturated rings. The van der Waals surface area contributed by atoms with Crippen LogP contribution in [-0.2, 0) is 0 Å². The van der Waals surface area contributed by atoms with Crippen molar-refractivity contribution in [2.24, 2.45) is 0 Å². The predicted molar refractivity (Wildman–Crippen MR) is 64.8 cm³/mol. The van der Waals surface area contributed by atoms with Crippen molar-refractivity contribution < 1.29 is 0 Å². The number of rotatable bonds is 2. The molecule has 17 heavy (non-hydrogen) atoms. The van der Waals surface area contributed by atoms with E-state index < -0.39 is 0 Å². The number of aromatic amines is 1. The van der Waals surface area contributed by atoms with Crippen LogP contribution in [0.1, 0.15) is 30.1 Å². The summed E-state index contributed by atoms with van der Waals surface area (Å²) in [5.41, 5.74) is 2.05. The molecular formula is C13H13N3O. The molecule has 1 aliphatic carbocycles. The van der Waals surface area contributed by atoms with Crippen molar-refractivity contribution in [3.63, 3.8) is 0 Å². The van der Waals surface area contributed by atoms with E-state index >= 15 is 0 Å². The molecule has 0 spiro atoms. The SMILES string of the molecule is Cc1c(-c2ccccn2)nc(C2CC2)[nH]c1=O. The molecule has 0 radical (unpaired) electrons. The number of nitrogens with one attached hydrogen (secondary N) is 1. The summed E-state index contributed by atoms with van der Waals surface area (Å²) < 4.78 is 0. The lowest BCUT2D eigenvalue weighted by atomic mass is 10.1. The first-order valence-corrected chi connectivity index (χ1v) is 5.78. The summed E-state index contributed by atoms with van der Waals surface area (Å²) in [6.45, 7) is 1.78. The van der Waals surface area contributed by atoms with Crippen molar-refractivity contribution in [1.29, 1.82) is 0 Å². The molecule has 2 heterocycles. The second-order valence-corrected chi connectivity index (χ2v) is 4.41. The van der Waals surface area contributed by atoms with Gasteiger partial charge in [0, 0.05) is 17.7 Å². The van der Waals surface area contributed by atoms with Crippen molar-refractivity contribution in [2.75, 3.05) is 0 Å². The van der Waals surface area contributed by atoms with Crippen LogP contribution in [0.3, 0.4) is 0 Å². The van der Waals surface area contributed by atoms with Crippen LogP contribution < -0.4 is 5.56 Å². The van der Waals surface area contributed by atoms with Crippen molar-refractivity contribution in [2.45, 2.75) is 25.7 Å². The van der Waals surface area contributed by atoms with E-state index in [0.717, 1.165) is 24.4 Å². The Morgan fingerprint density at radius 1 is 1.35 bits per heavy atom. The van der Waals surface area contributed by atoms with Crippen LogP contribution in [0.25, 0.3) is 11.4 Å². The van der Waals surface area contributed by atoms with E-state index in [9.17, 15) is 4.79 Å². The van der Waals surface area contributed by atoms with E-state index in [1.807, 2.05) is 18.2 Å². The second-order valence-electron chi connectivity index (χ2n) is 4.41. The zero-order valence-electron chi connectivity index (χ0n) is 9.60. The van der Waals surface area contributed by atoms with Crippen LogP contribution >= 0.6 is 0 Å². The third kappa shape index (κ3) is 1.86. The predicted octanol–water partition coefficient (Wildman–Crippen LogP) is 2.02. The average molecular weight is 227 g/mol. The molecule has 1 N–H and O–H groups in total. The van der Waals surface area contributed by atoms with Gasteiger partial charge in [-0.3, -0.25) is 9.78 Å². The van der Waals surface area contributed by atoms with Crippen LogP contribution in [0.5, 0.6) is 0 Å². The van der Waals surface area contributed by atoms with E-state index in [1.165, 1.54) is 0 Å². The van der Waals surface area contributed by atoms with Gasteiger partial charge in [0.25, 0.3) is 5.56 Å². The number of hydrogen-bond donors (Lipinski definition) is 1. The normalized spacial score (nSPS) is 14.9. The first-order valence-electron chi connectivity index (χ1n) is 5.78. The van der Waals surface area contributed by atoms with E-state index in [1.54, 1.807) is 13.1 Å². The largest absolute Gasteiger partial charge is 0.310 e. The molecule has 2 aromatic heterocycles. The zero-order chi connectivity index (χ0) is 11.8. The Balaban J connectivity index is 2.18. The standard InChI is InChI=1S/C13H13N3O/c1-8-11(10-4-2-3-7-14-10)15-12(9-5-6-9)16-13(8)17/h2-4,7,9H,5-6H2,1H3,(H,15,16,17). The van der Waals surface area contributed by atoms with Crippen molar-refractivity contribution >= 4 is 0 Å².